The number of amides is 1. The van der Waals surface area contributed by atoms with Gasteiger partial charge in [0.1, 0.15) is 11.4 Å². The lowest BCUT2D eigenvalue weighted by Gasteiger charge is -2.09. The second-order valence-corrected chi connectivity index (χ2v) is 5.26. The summed E-state index contributed by atoms with van der Waals surface area (Å²) >= 11 is 0. The zero-order chi connectivity index (χ0) is 16.9. The van der Waals surface area contributed by atoms with E-state index in [1.807, 2.05) is 13.8 Å². The zero-order valence-electron chi connectivity index (χ0n) is 13.2. The average Bonchev–Trinajstić information content (AvgIpc) is 3.04. The molecule has 0 aliphatic rings. The molecule has 0 bridgehead atoms. The molecule has 1 amide bonds. The number of rotatable bonds is 5. The fraction of sp³-hybridized carbons (Fsp3) is 0.188. The molecular weight excluding hydrogens is 308 g/mol. The number of carbonyl (C=O) groups is 1. The highest BCUT2D eigenvalue weighted by Crippen LogP contribution is 2.23. The van der Waals surface area contributed by atoms with Crippen molar-refractivity contribution >= 4 is 11.6 Å². The third-order valence-electron chi connectivity index (χ3n) is 3.06. The molecule has 2 N–H and O–H groups in total. The van der Waals surface area contributed by atoms with Crippen molar-refractivity contribution in [3.63, 3.8) is 0 Å². The van der Waals surface area contributed by atoms with Crippen LogP contribution in [0.3, 0.4) is 0 Å². The topological polar surface area (TPSA) is 106 Å². The lowest BCUT2D eigenvalue weighted by Crippen LogP contribution is -2.13. The molecule has 3 aromatic heterocycles. The van der Waals surface area contributed by atoms with Gasteiger partial charge in [0, 0.05) is 24.7 Å². The molecule has 3 heterocycles. The van der Waals surface area contributed by atoms with E-state index in [-0.39, 0.29) is 12.0 Å². The van der Waals surface area contributed by atoms with E-state index in [1.54, 1.807) is 30.7 Å². The number of pyridine rings is 1. The molecule has 0 saturated carbocycles. The van der Waals surface area contributed by atoms with Crippen molar-refractivity contribution < 1.29 is 9.53 Å². The third kappa shape index (κ3) is 3.54. The number of nitrogens with one attached hydrogen (secondary N) is 2. The van der Waals surface area contributed by atoms with Crippen LogP contribution in [0.4, 0.5) is 5.69 Å². The van der Waals surface area contributed by atoms with E-state index in [0.29, 0.717) is 28.5 Å². The number of hydrogen-bond acceptors (Lipinski definition) is 6. The Hall–Kier alpha value is -3.29. The quantitative estimate of drug-likeness (QED) is 0.746. The molecule has 122 valence electrons. The van der Waals surface area contributed by atoms with E-state index < -0.39 is 0 Å². The average molecular weight is 324 g/mol. The van der Waals surface area contributed by atoms with Gasteiger partial charge in [0.05, 0.1) is 29.7 Å². The molecule has 0 atom stereocenters. The van der Waals surface area contributed by atoms with Gasteiger partial charge >= 0.3 is 0 Å². The van der Waals surface area contributed by atoms with Crippen LogP contribution in [0.15, 0.2) is 43.1 Å². The summed E-state index contributed by atoms with van der Waals surface area (Å²) in [5, 5.41) is 9.54. The van der Waals surface area contributed by atoms with Gasteiger partial charge in [-0.25, -0.2) is 4.98 Å². The summed E-state index contributed by atoms with van der Waals surface area (Å²) in [6, 6.07) is 3.32. The maximum absolute atomic E-state index is 12.4. The molecule has 3 aromatic rings. The summed E-state index contributed by atoms with van der Waals surface area (Å²) in [6.45, 7) is 3.82. The molecule has 3 rings (SSSR count). The number of nitrogens with zero attached hydrogens (tertiary/aromatic N) is 4. The number of hydrogen-bond donors (Lipinski definition) is 2. The Kier molecular flexibility index (Phi) is 4.46. The fourth-order valence-electron chi connectivity index (χ4n) is 2.02. The van der Waals surface area contributed by atoms with Crippen molar-refractivity contribution in [1.29, 1.82) is 0 Å². The molecule has 0 spiro atoms. The van der Waals surface area contributed by atoms with Gasteiger partial charge in [-0.15, -0.1) is 0 Å². The minimum absolute atomic E-state index is 0.0256. The molecule has 8 nitrogen and oxygen atoms in total. The highest BCUT2D eigenvalue weighted by atomic mass is 16.5. The van der Waals surface area contributed by atoms with Gasteiger partial charge in [-0.1, -0.05) is 0 Å². The Labute approximate surface area is 138 Å². The second kappa shape index (κ2) is 6.86. The van der Waals surface area contributed by atoms with Crippen molar-refractivity contribution in [3.8, 4) is 17.3 Å². The molecule has 0 fully saturated rings. The van der Waals surface area contributed by atoms with Gasteiger partial charge in [0.25, 0.3) is 5.91 Å². The fourth-order valence-corrected chi connectivity index (χ4v) is 2.02. The molecule has 0 radical (unpaired) electrons. The van der Waals surface area contributed by atoms with Crippen LogP contribution in [-0.2, 0) is 0 Å². The van der Waals surface area contributed by atoms with Crippen LogP contribution in [0.1, 0.15) is 24.2 Å². The Morgan fingerprint density at radius 1 is 1.17 bits per heavy atom. The number of carbonyl (C=O) groups excluding carboxylic acids is 1. The summed E-state index contributed by atoms with van der Waals surface area (Å²) in [5.41, 5.74) is 2.11. The lowest BCUT2D eigenvalue weighted by atomic mass is 10.2. The van der Waals surface area contributed by atoms with Crippen LogP contribution in [0.25, 0.3) is 11.4 Å². The molecule has 24 heavy (non-hydrogen) atoms. The Bertz CT molecular complexity index is 814. The highest BCUT2D eigenvalue weighted by molar-refractivity contribution is 6.05. The second-order valence-electron chi connectivity index (χ2n) is 5.26. The van der Waals surface area contributed by atoms with Gasteiger partial charge in [0.15, 0.2) is 0 Å². The largest absolute Gasteiger partial charge is 0.475 e. The van der Waals surface area contributed by atoms with Crippen molar-refractivity contribution in [2.45, 2.75) is 20.0 Å². The maximum atomic E-state index is 12.4. The van der Waals surface area contributed by atoms with Gasteiger partial charge in [-0.05, 0) is 19.9 Å². The molecule has 8 heteroatoms. The van der Waals surface area contributed by atoms with Crippen LogP contribution in [-0.4, -0.2) is 37.2 Å². The predicted molar refractivity (Wildman–Crippen MR) is 87.6 cm³/mol. The molecule has 0 unspecified atom stereocenters. The monoisotopic (exact) mass is 324 g/mol. The summed E-state index contributed by atoms with van der Waals surface area (Å²) in [7, 11) is 0. The van der Waals surface area contributed by atoms with E-state index in [4.69, 9.17) is 4.74 Å². The Balaban J connectivity index is 1.75. The van der Waals surface area contributed by atoms with Crippen molar-refractivity contribution in [1.82, 2.24) is 25.1 Å². The number of anilines is 1. The minimum Gasteiger partial charge on any atom is -0.475 e. The van der Waals surface area contributed by atoms with E-state index in [0.717, 1.165) is 0 Å². The Morgan fingerprint density at radius 2 is 2.04 bits per heavy atom. The molecule has 0 saturated heterocycles. The number of H-pyrrole nitrogens is 1. The van der Waals surface area contributed by atoms with Crippen molar-refractivity contribution in [2.24, 2.45) is 0 Å². The minimum atomic E-state index is -0.301. The molecule has 0 aromatic carbocycles. The van der Waals surface area contributed by atoms with Gasteiger partial charge < -0.3 is 10.1 Å². The lowest BCUT2D eigenvalue weighted by molar-refractivity contribution is 0.102. The van der Waals surface area contributed by atoms with Gasteiger partial charge in [-0.2, -0.15) is 5.10 Å². The molecule has 0 aliphatic heterocycles. The first-order valence-corrected chi connectivity index (χ1v) is 7.37. The van der Waals surface area contributed by atoms with Gasteiger partial charge in [0.2, 0.25) is 5.88 Å². The first kappa shape index (κ1) is 15.6. The standard InChI is InChI=1S/C16H16N6O2/c1-10(2)24-14-4-3-11(7-19-14)16(23)21-13-9-20-22-15(13)12-8-17-5-6-18-12/h3-10H,1-2H3,(H,20,22)(H,21,23). The van der Waals surface area contributed by atoms with Crippen LogP contribution < -0.4 is 10.1 Å². The van der Waals surface area contributed by atoms with Crippen LogP contribution in [0, 0.1) is 0 Å². The highest BCUT2D eigenvalue weighted by Gasteiger charge is 2.14. The van der Waals surface area contributed by atoms with Crippen molar-refractivity contribution in [3.05, 3.63) is 48.7 Å². The Morgan fingerprint density at radius 3 is 2.71 bits per heavy atom. The summed E-state index contributed by atoms with van der Waals surface area (Å²) in [6.07, 6.45) is 7.74. The number of aromatic nitrogens is 5. The molecular formula is C16H16N6O2. The van der Waals surface area contributed by atoms with Crippen LogP contribution in [0.5, 0.6) is 5.88 Å². The van der Waals surface area contributed by atoms with Crippen LogP contribution in [0.2, 0.25) is 0 Å². The van der Waals surface area contributed by atoms with E-state index >= 15 is 0 Å². The first-order chi connectivity index (χ1) is 11.6. The first-order valence-electron chi connectivity index (χ1n) is 7.37. The SMILES string of the molecule is CC(C)Oc1ccc(C(=O)Nc2cn[nH]c2-c2cnccn2)cn1. The van der Waals surface area contributed by atoms with Gasteiger partial charge in [-0.3, -0.25) is 19.9 Å². The third-order valence-corrected chi connectivity index (χ3v) is 3.06. The predicted octanol–water partition coefficient (Wildman–Crippen LogP) is 2.30. The van der Waals surface area contributed by atoms with Crippen LogP contribution >= 0.6 is 0 Å². The summed E-state index contributed by atoms with van der Waals surface area (Å²) in [5.74, 6) is 0.176. The van der Waals surface area contributed by atoms with E-state index in [9.17, 15) is 4.79 Å². The molecule has 0 aliphatic carbocycles. The zero-order valence-corrected chi connectivity index (χ0v) is 13.2. The van der Waals surface area contributed by atoms with E-state index in [1.165, 1.54) is 12.4 Å². The smallest absolute Gasteiger partial charge is 0.257 e. The number of aromatic amines is 1. The number of ether oxygens (including phenoxy) is 1. The maximum Gasteiger partial charge on any atom is 0.257 e. The summed E-state index contributed by atoms with van der Waals surface area (Å²) in [4.78, 5) is 24.7. The van der Waals surface area contributed by atoms with E-state index in [2.05, 4.69) is 30.5 Å². The van der Waals surface area contributed by atoms with Crippen molar-refractivity contribution in [2.75, 3.05) is 5.32 Å². The summed E-state index contributed by atoms with van der Waals surface area (Å²) < 4.78 is 5.46. The normalized spacial score (nSPS) is 10.6.